The number of nitrogens with two attached hydrogens (primary N) is 2. The topological polar surface area (TPSA) is 109 Å². The fourth-order valence-corrected chi connectivity index (χ4v) is 2.42. The summed E-state index contributed by atoms with van der Waals surface area (Å²) in [6.07, 6.45) is 16.9. The van der Waals surface area contributed by atoms with Crippen LogP contribution in [0.4, 0.5) is 0 Å². The molecule has 1 fully saturated rings. The molecular weight excluding hydrogens is 378 g/mol. The quantitative estimate of drug-likeness (QED) is 0.563. The summed E-state index contributed by atoms with van der Waals surface area (Å²) in [4.78, 5) is 20.6. The van der Waals surface area contributed by atoms with Crippen molar-refractivity contribution in [2.24, 2.45) is 17.4 Å². The van der Waals surface area contributed by atoms with Crippen LogP contribution >= 0.6 is 0 Å². The molecule has 1 aliphatic rings. The summed E-state index contributed by atoms with van der Waals surface area (Å²) in [6, 6.07) is 4.94. The van der Waals surface area contributed by atoms with E-state index in [0.29, 0.717) is 28.9 Å². The van der Waals surface area contributed by atoms with Crippen molar-refractivity contribution in [3.63, 3.8) is 0 Å². The zero-order valence-corrected chi connectivity index (χ0v) is 16.9. The Bertz CT molecular complexity index is 1050. The van der Waals surface area contributed by atoms with Crippen molar-refractivity contribution < 1.29 is 4.74 Å². The molecule has 0 spiro atoms. The Balaban J connectivity index is 0.00000155. The van der Waals surface area contributed by atoms with Crippen molar-refractivity contribution in [2.75, 3.05) is 0 Å². The van der Waals surface area contributed by atoms with Crippen LogP contribution in [0.2, 0.25) is 0 Å². The van der Waals surface area contributed by atoms with Crippen LogP contribution in [0.5, 0.6) is 5.75 Å². The van der Waals surface area contributed by atoms with Crippen LogP contribution in [0.15, 0.2) is 58.9 Å². The second-order valence-electron chi connectivity index (χ2n) is 6.62. The number of hydrogen-bond donors (Lipinski definition) is 2. The van der Waals surface area contributed by atoms with Gasteiger partial charge in [0.1, 0.15) is 12.4 Å². The van der Waals surface area contributed by atoms with E-state index in [1.54, 1.807) is 41.2 Å². The lowest BCUT2D eigenvalue weighted by molar-refractivity contribution is 0.294. The van der Waals surface area contributed by atoms with Crippen LogP contribution in [0.25, 0.3) is 0 Å². The summed E-state index contributed by atoms with van der Waals surface area (Å²) in [5, 5.41) is 0. The van der Waals surface area contributed by atoms with Gasteiger partial charge in [0.15, 0.2) is 5.82 Å². The highest BCUT2D eigenvalue weighted by molar-refractivity contribution is 5.32. The zero-order chi connectivity index (χ0) is 21.9. The van der Waals surface area contributed by atoms with Gasteiger partial charge in [-0.15, -0.1) is 12.8 Å². The van der Waals surface area contributed by atoms with E-state index in [1.165, 1.54) is 6.07 Å². The lowest BCUT2D eigenvalue weighted by Crippen LogP contribution is -2.24. The van der Waals surface area contributed by atoms with Crippen LogP contribution < -0.4 is 21.8 Å². The van der Waals surface area contributed by atoms with E-state index in [9.17, 15) is 4.79 Å². The number of ether oxygens (including phenoxy) is 1. The van der Waals surface area contributed by atoms with E-state index in [2.05, 4.69) is 34.7 Å². The Morgan fingerprint density at radius 3 is 2.60 bits per heavy atom. The van der Waals surface area contributed by atoms with Crippen LogP contribution in [0.1, 0.15) is 24.4 Å². The fraction of sp³-hybridized carbons (Fsp3) is 0.261. The minimum atomic E-state index is -0.203. The lowest BCUT2D eigenvalue weighted by Gasteiger charge is -2.12. The van der Waals surface area contributed by atoms with Crippen LogP contribution in [-0.4, -0.2) is 14.5 Å². The fourth-order valence-electron chi connectivity index (χ4n) is 2.42. The number of hydrogen-bond acceptors (Lipinski definition) is 6. The first-order valence-corrected chi connectivity index (χ1v) is 9.38. The van der Waals surface area contributed by atoms with Gasteiger partial charge in [0.05, 0.1) is 12.2 Å². The molecule has 0 aromatic carbocycles. The minimum Gasteiger partial charge on any atom is -0.485 e. The standard InChI is InChI=1S/C21H23N5O2.C2H2/c1-15-11-19(28-14-20-24-9-2-10-25-20)12-21(27)26(15)13-18(23)8-7-17(22)6-5-16-3-4-16;1-2/h2,7-12,16H,3-4,13-14,22-23H2,1H3;1-2H/b17-7-,18-8-;. The molecule has 154 valence electrons. The molecular formula is C23H25N5O2. The molecule has 0 saturated heterocycles. The van der Waals surface area contributed by atoms with Gasteiger partial charge in [-0.05, 0) is 50.0 Å². The van der Waals surface area contributed by atoms with Gasteiger partial charge in [-0.2, -0.15) is 0 Å². The number of nitrogens with zero attached hydrogens (tertiary/aromatic N) is 3. The van der Waals surface area contributed by atoms with E-state index in [-0.39, 0.29) is 18.7 Å². The third-order valence-electron chi connectivity index (χ3n) is 4.11. The molecule has 1 aliphatic carbocycles. The Morgan fingerprint density at radius 1 is 1.27 bits per heavy atom. The third kappa shape index (κ3) is 7.21. The molecule has 0 amide bonds. The second kappa shape index (κ2) is 11.1. The van der Waals surface area contributed by atoms with Gasteiger partial charge in [0, 0.05) is 35.8 Å². The Labute approximate surface area is 176 Å². The summed E-state index contributed by atoms with van der Waals surface area (Å²) < 4.78 is 7.19. The van der Waals surface area contributed by atoms with E-state index in [0.717, 1.165) is 18.5 Å². The second-order valence-corrected chi connectivity index (χ2v) is 6.62. The average molecular weight is 403 g/mol. The largest absolute Gasteiger partial charge is 0.485 e. The number of pyridine rings is 1. The van der Waals surface area contributed by atoms with Crippen molar-refractivity contribution in [3.8, 4) is 30.4 Å². The number of aryl methyl sites for hydroxylation is 1. The van der Waals surface area contributed by atoms with Crippen molar-refractivity contribution in [1.29, 1.82) is 0 Å². The van der Waals surface area contributed by atoms with Gasteiger partial charge in [-0.3, -0.25) is 4.79 Å². The van der Waals surface area contributed by atoms with E-state index < -0.39 is 0 Å². The maximum Gasteiger partial charge on any atom is 0.254 e. The minimum absolute atomic E-state index is 0.192. The highest BCUT2D eigenvalue weighted by Gasteiger charge is 2.17. The van der Waals surface area contributed by atoms with E-state index in [4.69, 9.17) is 16.2 Å². The van der Waals surface area contributed by atoms with Crippen molar-refractivity contribution in [1.82, 2.24) is 14.5 Å². The van der Waals surface area contributed by atoms with Gasteiger partial charge in [0.25, 0.3) is 5.56 Å². The van der Waals surface area contributed by atoms with Gasteiger partial charge in [0.2, 0.25) is 0 Å². The molecule has 7 nitrogen and oxygen atoms in total. The van der Waals surface area contributed by atoms with Gasteiger partial charge in [-0.25, -0.2) is 9.97 Å². The highest BCUT2D eigenvalue weighted by atomic mass is 16.5. The lowest BCUT2D eigenvalue weighted by atomic mass is 10.3. The first-order valence-electron chi connectivity index (χ1n) is 9.38. The Hall–Kier alpha value is -3.97. The molecule has 4 N–H and O–H groups in total. The van der Waals surface area contributed by atoms with E-state index in [1.807, 2.05) is 6.92 Å². The molecule has 2 heterocycles. The monoisotopic (exact) mass is 403 g/mol. The number of terminal acetylenes is 1. The predicted octanol–water partition coefficient (Wildman–Crippen LogP) is 1.87. The molecule has 0 radical (unpaired) electrons. The molecule has 1 saturated carbocycles. The smallest absolute Gasteiger partial charge is 0.254 e. The zero-order valence-electron chi connectivity index (χ0n) is 16.9. The highest BCUT2D eigenvalue weighted by Crippen LogP contribution is 2.27. The summed E-state index contributed by atoms with van der Waals surface area (Å²) in [7, 11) is 0. The normalized spacial score (nSPS) is 13.4. The Morgan fingerprint density at radius 2 is 1.97 bits per heavy atom. The first kappa shape index (κ1) is 22.3. The number of rotatable bonds is 6. The van der Waals surface area contributed by atoms with Gasteiger partial charge >= 0.3 is 0 Å². The SMILES string of the molecule is C#C.Cc1cc(OCc2ncccn2)cc(=O)n1C/C(N)=C/C=C(\N)C#CC1CC1. The number of aromatic nitrogens is 3. The van der Waals surface area contributed by atoms with Gasteiger partial charge < -0.3 is 20.8 Å². The van der Waals surface area contributed by atoms with Crippen LogP contribution in [-0.2, 0) is 13.2 Å². The summed E-state index contributed by atoms with van der Waals surface area (Å²) in [5.74, 6) is 7.50. The molecule has 30 heavy (non-hydrogen) atoms. The van der Waals surface area contributed by atoms with Crippen molar-refractivity contribution >= 4 is 0 Å². The van der Waals surface area contributed by atoms with E-state index >= 15 is 0 Å². The van der Waals surface area contributed by atoms with Crippen LogP contribution in [0.3, 0.4) is 0 Å². The molecule has 0 unspecified atom stereocenters. The molecule has 2 aromatic rings. The van der Waals surface area contributed by atoms with Crippen molar-refractivity contribution in [2.45, 2.75) is 32.9 Å². The maximum atomic E-state index is 12.4. The molecule has 3 rings (SSSR count). The summed E-state index contributed by atoms with van der Waals surface area (Å²) in [5.41, 5.74) is 13.4. The molecule has 2 aromatic heterocycles. The Kier molecular flexibility index (Phi) is 8.28. The average Bonchev–Trinajstić information content (AvgIpc) is 3.58. The molecule has 7 heteroatoms. The third-order valence-corrected chi connectivity index (χ3v) is 4.11. The summed E-state index contributed by atoms with van der Waals surface area (Å²) >= 11 is 0. The molecule has 0 bridgehead atoms. The molecule has 0 aliphatic heterocycles. The van der Waals surface area contributed by atoms with Crippen LogP contribution in [0, 0.1) is 37.5 Å². The van der Waals surface area contributed by atoms with Gasteiger partial charge in [-0.1, -0.05) is 5.92 Å². The predicted molar refractivity (Wildman–Crippen MR) is 117 cm³/mol. The number of allylic oxidation sites excluding steroid dienone is 4. The summed E-state index contributed by atoms with van der Waals surface area (Å²) in [6.45, 7) is 2.27. The maximum absolute atomic E-state index is 12.4. The molecule has 0 atom stereocenters. The van der Waals surface area contributed by atoms with Crippen molar-refractivity contribution in [3.05, 3.63) is 76.0 Å². The first-order chi connectivity index (χ1) is 14.5.